The van der Waals surface area contributed by atoms with Crippen molar-refractivity contribution in [2.45, 2.75) is 25.7 Å². The SMILES string of the molecule is Cc1cc(C)c(S(=O)(=O)CCl)c(C)c1. The summed E-state index contributed by atoms with van der Waals surface area (Å²) in [5.74, 6) is 0. The molecule has 1 aromatic rings. The zero-order chi connectivity index (χ0) is 10.9. The van der Waals surface area contributed by atoms with Gasteiger partial charge in [-0.1, -0.05) is 17.7 Å². The second kappa shape index (κ2) is 3.91. The standard InChI is InChI=1S/C10H13ClO2S/c1-7-4-8(2)10(9(3)5-7)14(12,13)6-11/h4-5H,6H2,1-3H3. The maximum Gasteiger partial charge on any atom is 0.192 e. The van der Waals surface area contributed by atoms with Crippen molar-refractivity contribution in [3.8, 4) is 0 Å². The maximum atomic E-state index is 11.6. The fourth-order valence-corrected chi connectivity index (χ4v) is 3.25. The molecule has 4 heteroatoms. The van der Waals surface area contributed by atoms with Gasteiger partial charge in [-0.2, -0.15) is 0 Å². The van der Waals surface area contributed by atoms with Gasteiger partial charge in [0.2, 0.25) is 0 Å². The third kappa shape index (κ3) is 2.10. The number of sulfone groups is 1. The summed E-state index contributed by atoms with van der Waals surface area (Å²) in [5, 5.41) is -0.363. The zero-order valence-corrected chi connectivity index (χ0v) is 10.0. The Morgan fingerprint density at radius 1 is 1.14 bits per heavy atom. The van der Waals surface area contributed by atoms with E-state index in [1.165, 1.54) is 0 Å². The van der Waals surface area contributed by atoms with Crippen LogP contribution in [0.3, 0.4) is 0 Å². The number of rotatable bonds is 2. The molecule has 78 valence electrons. The van der Waals surface area contributed by atoms with Crippen molar-refractivity contribution < 1.29 is 8.42 Å². The van der Waals surface area contributed by atoms with Crippen LogP contribution < -0.4 is 0 Å². The van der Waals surface area contributed by atoms with E-state index < -0.39 is 9.84 Å². The van der Waals surface area contributed by atoms with Gasteiger partial charge < -0.3 is 0 Å². The van der Waals surface area contributed by atoms with Crippen molar-refractivity contribution in [2.75, 3.05) is 5.21 Å². The summed E-state index contributed by atoms with van der Waals surface area (Å²) in [6.45, 7) is 5.52. The fourth-order valence-electron chi connectivity index (χ4n) is 1.71. The summed E-state index contributed by atoms with van der Waals surface area (Å²) in [4.78, 5) is 0.373. The second-order valence-corrected chi connectivity index (χ2v) is 5.96. The molecule has 0 radical (unpaired) electrons. The van der Waals surface area contributed by atoms with Gasteiger partial charge in [0.05, 0.1) is 4.90 Å². The Morgan fingerprint density at radius 2 is 1.57 bits per heavy atom. The summed E-state index contributed by atoms with van der Waals surface area (Å²) in [6.07, 6.45) is 0. The highest BCUT2D eigenvalue weighted by Gasteiger charge is 2.18. The van der Waals surface area contributed by atoms with Crippen LogP contribution in [0.2, 0.25) is 0 Å². The van der Waals surface area contributed by atoms with Gasteiger partial charge in [-0.3, -0.25) is 0 Å². The van der Waals surface area contributed by atoms with Crippen LogP contribution in [0.1, 0.15) is 16.7 Å². The van der Waals surface area contributed by atoms with E-state index in [4.69, 9.17) is 11.6 Å². The van der Waals surface area contributed by atoms with Gasteiger partial charge in [-0.15, -0.1) is 11.6 Å². The molecule has 0 saturated heterocycles. The minimum Gasteiger partial charge on any atom is -0.222 e. The average Bonchev–Trinajstić information content (AvgIpc) is 2.01. The lowest BCUT2D eigenvalue weighted by atomic mass is 10.1. The number of aryl methyl sites for hydroxylation is 3. The molecule has 0 bridgehead atoms. The highest BCUT2D eigenvalue weighted by molar-refractivity contribution is 7.92. The third-order valence-electron chi connectivity index (χ3n) is 2.06. The predicted octanol–water partition coefficient (Wildman–Crippen LogP) is 2.58. The molecule has 0 aliphatic rings. The molecular weight excluding hydrogens is 220 g/mol. The van der Waals surface area contributed by atoms with Crippen molar-refractivity contribution in [2.24, 2.45) is 0 Å². The smallest absolute Gasteiger partial charge is 0.192 e. The van der Waals surface area contributed by atoms with E-state index in [0.29, 0.717) is 4.90 Å². The lowest BCUT2D eigenvalue weighted by molar-refractivity contribution is 0.599. The Kier molecular flexibility index (Phi) is 3.22. The fraction of sp³-hybridized carbons (Fsp3) is 0.400. The van der Waals surface area contributed by atoms with Crippen LogP contribution in [-0.2, 0) is 9.84 Å². The van der Waals surface area contributed by atoms with Crippen molar-refractivity contribution in [3.05, 3.63) is 28.8 Å². The Bertz CT molecular complexity index is 426. The van der Waals surface area contributed by atoms with Gasteiger partial charge in [0.25, 0.3) is 0 Å². The molecule has 0 aliphatic carbocycles. The van der Waals surface area contributed by atoms with Gasteiger partial charge in [0.1, 0.15) is 5.21 Å². The van der Waals surface area contributed by atoms with E-state index in [9.17, 15) is 8.42 Å². The first kappa shape index (κ1) is 11.5. The largest absolute Gasteiger partial charge is 0.222 e. The number of hydrogen-bond donors (Lipinski definition) is 0. The van der Waals surface area contributed by atoms with Crippen molar-refractivity contribution in [1.82, 2.24) is 0 Å². The monoisotopic (exact) mass is 232 g/mol. The molecule has 0 fully saturated rings. The molecule has 0 amide bonds. The van der Waals surface area contributed by atoms with E-state index in [2.05, 4.69) is 0 Å². The van der Waals surface area contributed by atoms with Crippen LogP contribution >= 0.6 is 11.6 Å². The van der Waals surface area contributed by atoms with Crippen LogP contribution in [0.25, 0.3) is 0 Å². The minimum absolute atomic E-state index is 0.363. The van der Waals surface area contributed by atoms with Gasteiger partial charge in [0, 0.05) is 0 Å². The van der Waals surface area contributed by atoms with Crippen LogP contribution in [0.4, 0.5) is 0 Å². The molecule has 2 nitrogen and oxygen atoms in total. The van der Waals surface area contributed by atoms with Crippen molar-refractivity contribution in [3.63, 3.8) is 0 Å². The lowest BCUT2D eigenvalue weighted by Crippen LogP contribution is -2.07. The number of hydrogen-bond acceptors (Lipinski definition) is 2. The van der Waals surface area contributed by atoms with E-state index in [1.807, 2.05) is 19.1 Å². The number of halogens is 1. The summed E-state index contributed by atoms with van der Waals surface area (Å²) >= 11 is 5.42. The first-order valence-electron chi connectivity index (χ1n) is 4.25. The quantitative estimate of drug-likeness (QED) is 0.735. The van der Waals surface area contributed by atoms with Gasteiger partial charge in [-0.05, 0) is 31.9 Å². The summed E-state index contributed by atoms with van der Waals surface area (Å²) in [6, 6.07) is 3.71. The van der Waals surface area contributed by atoms with Crippen LogP contribution in [0.5, 0.6) is 0 Å². The van der Waals surface area contributed by atoms with Gasteiger partial charge in [0.15, 0.2) is 9.84 Å². The molecule has 0 heterocycles. The first-order valence-corrected chi connectivity index (χ1v) is 6.43. The highest BCUT2D eigenvalue weighted by atomic mass is 35.5. The number of alkyl halides is 1. The molecule has 0 spiro atoms. The van der Waals surface area contributed by atoms with E-state index in [1.54, 1.807) is 13.8 Å². The summed E-state index contributed by atoms with van der Waals surface area (Å²) in [5.41, 5.74) is 2.60. The number of benzene rings is 1. The molecule has 1 aromatic carbocycles. The van der Waals surface area contributed by atoms with E-state index >= 15 is 0 Å². The van der Waals surface area contributed by atoms with Gasteiger partial charge >= 0.3 is 0 Å². The van der Waals surface area contributed by atoms with Crippen LogP contribution in [0, 0.1) is 20.8 Å². The Labute approximate surface area is 89.8 Å². The first-order chi connectivity index (χ1) is 6.38. The van der Waals surface area contributed by atoms with Crippen LogP contribution in [-0.4, -0.2) is 13.6 Å². The van der Waals surface area contributed by atoms with E-state index in [-0.39, 0.29) is 5.21 Å². The summed E-state index contributed by atoms with van der Waals surface area (Å²) < 4.78 is 23.2. The van der Waals surface area contributed by atoms with Crippen molar-refractivity contribution >= 4 is 21.4 Å². The minimum atomic E-state index is -3.31. The molecular formula is C10H13ClO2S. The topological polar surface area (TPSA) is 34.1 Å². The molecule has 0 unspecified atom stereocenters. The predicted molar refractivity (Wildman–Crippen MR) is 58.6 cm³/mol. The second-order valence-electron chi connectivity index (χ2n) is 3.45. The zero-order valence-electron chi connectivity index (χ0n) is 8.46. The lowest BCUT2D eigenvalue weighted by Gasteiger charge is -2.09. The Hall–Kier alpha value is -0.540. The average molecular weight is 233 g/mol. The normalized spacial score (nSPS) is 11.7. The van der Waals surface area contributed by atoms with Crippen LogP contribution in [0.15, 0.2) is 17.0 Å². The molecule has 14 heavy (non-hydrogen) atoms. The highest BCUT2D eigenvalue weighted by Crippen LogP contribution is 2.23. The van der Waals surface area contributed by atoms with Gasteiger partial charge in [-0.25, -0.2) is 8.42 Å². The maximum absolute atomic E-state index is 11.6. The Morgan fingerprint density at radius 3 is 1.93 bits per heavy atom. The Balaban J connectivity index is 3.51. The summed E-state index contributed by atoms with van der Waals surface area (Å²) in [7, 11) is -3.31. The molecule has 0 aliphatic heterocycles. The molecule has 0 saturated carbocycles. The van der Waals surface area contributed by atoms with Crippen molar-refractivity contribution in [1.29, 1.82) is 0 Å². The third-order valence-corrected chi connectivity index (χ3v) is 4.47. The van der Waals surface area contributed by atoms with E-state index in [0.717, 1.165) is 16.7 Å². The molecule has 0 aromatic heterocycles. The molecule has 0 atom stereocenters. The molecule has 1 rings (SSSR count). The molecule has 0 N–H and O–H groups in total.